The first-order valence-electron chi connectivity index (χ1n) is 5.32. The molecule has 1 rings (SSSR count). The predicted molar refractivity (Wildman–Crippen MR) is 67.9 cm³/mol. The molecular weight excluding hydrogens is 297 g/mol. The van der Waals surface area contributed by atoms with Crippen LogP contribution in [0.1, 0.15) is 0 Å². The van der Waals surface area contributed by atoms with Gasteiger partial charge in [-0.25, -0.2) is 13.2 Å². The van der Waals surface area contributed by atoms with Gasteiger partial charge in [-0.3, -0.25) is 9.59 Å². The van der Waals surface area contributed by atoms with Gasteiger partial charge in [0.2, 0.25) is 5.91 Å². The molecule has 4 N–H and O–H groups in total. The van der Waals surface area contributed by atoms with Gasteiger partial charge in [0.1, 0.15) is 6.04 Å². The van der Waals surface area contributed by atoms with E-state index in [2.05, 4.69) is 5.32 Å². The van der Waals surface area contributed by atoms with Crippen molar-refractivity contribution in [1.82, 2.24) is 0 Å². The van der Waals surface area contributed by atoms with Gasteiger partial charge >= 0.3 is 5.97 Å². The molecule has 0 aliphatic heterocycles. The lowest BCUT2D eigenvalue weighted by Crippen LogP contribution is -2.33. The van der Waals surface area contributed by atoms with E-state index in [-0.39, 0.29) is 11.5 Å². The zero-order chi connectivity index (χ0) is 15.3. The lowest BCUT2D eigenvalue weighted by atomic mass is 10.3. The van der Waals surface area contributed by atoms with Gasteiger partial charge in [-0.05, 0) is 12.1 Å². The van der Waals surface area contributed by atoms with Gasteiger partial charge in [0.15, 0.2) is 17.5 Å². The van der Waals surface area contributed by atoms with E-state index >= 15 is 0 Å². The minimum atomic E-state index is -1.68. The monoisotopic (exact) mass is 308 g/mol. The fourth-order valence-electron chi connectivity index (χ4n) is 1.16. The third-order valence-corrected chi connectivity index (χ3v) is 3.22. The van der Waals surface area contributed by atoms with Crippen LogP contribution in [0, 0.1) is 17.5 Å². The number of aliphatic carboxylic acids is 1. The first-order chi connectivity index (χ1) is 9.32. The summed E-state index contributed by atoms with van der Waals surface area (Å²) in [4.78, 5) is 21.8. The Bertz CT molecular complexity index is 528. The largest absolute Gasteiger partial charge is 0.480 e. The maximum atomic E-state index is 13.2. The number of halogens is 3. The summed E-state index contributed by atoms with van der Waals surface area (Å²) in [6.45, 7) is 0. The summed E-state index contributed by atoms with van der Waals surface area (Å²) in [5, 5.41) is 10.6. The van der Waals surface area contributed by atoms with Gasteiger partial charge < -0.3 is 16.2 Å². The Hall–Kier alpha value is -1.74. The van der Waals surface area contributed by atoms with E-state index in [0.717, 1.165) is 17.8 Å². The van der Waals surface area contributed by atoms with Crippen LogP contribution in [0.3, 0.4) is 0 Å². The minimum Gasteiger partial charge on any atom is -0.480 e. The number of carboxylic acids is 1. The number of hydrogen-bond acceptors (Lipinski definition) is 4. The Morgan fingerprint density at radius 1 is 1.30 bits per heavy atom. The number of benzene rings is 1. The number of thioether (sulfide) groups is 1. The van der Waals surface area contributed by atoms with Crippen molar-refractivity contribution < 1.29 is 27.9 Å². The number of anilines is 1. The summed E-state index contributed by atoms with van der Waals surface area (Å²) >= 11 is 0.922. The van der Waals surface area contributed by atoms with Gasteiger partial charge in [0.05, 0.1) is 11.4 Å². The Labute approximate surface area is 116 Å². The molecule has 0 saturated heterocycles. The third-order valence-electron chi connectivity index (χ3n) is 2.16. The molecule has 110 valence electrons. The van der Waals surface area contributed by atoms with Gasteiger partial charge in [0, 0.05) is 5.75 Å². The Morgan fingerprint density at radius 2 is 1.95 bits per heavy atom. The number of amides is 1. The average Bonchev–Trinajstić information content (AvgIpc) is 2.39. The molecule has 1 aromatic carbocycles. The molecule has 20 heavy (non-hydrogen) atoms. The molecule has 0 radical (unpaired) electrons. The number of carboxylic acid groups (broad SMARTS) is 1. The summed E-state index contributed by atoms with van der Waals surface area (Å²) in [6.07, 6.45) is 0. The summed E-state index contributed by atoms with van der Waals surface area (Å²) < 4.78 is 38.8. The molecule has 0 spiro atoms. The molecule has 0 unspecified atom stereocenters. The van der Waals surface area contributed by atoms with Crippen molar-refractivity contribution in [2.24, 2.45) is 5.73 Å². The zero-order valence-corrected chi connectivity index (χ0v) is 10.8. The summed E-state index contributed by atoms with van der Waals surface area (Å²) in [6, 6.07) is 0.452. The van der Waals surface area contributed by atoms with Crippen molar-refractivity contribution in [3.63, 3.8) is 0 Å². The highest BCUT2D eigenvalue weighted by Crippen LogP contribution is 2.19. The SMILES string of the molecule is N[C@H](CSCC(=O)Nc1ccc(F)c(F)c1F)C(=O)O. The molecule has 0 heterocycles. The van der Waals surface area contributed by atoms with E-state index in [1.807, 2.05) is 0 Å². The van der Waals surface area contributed by atoms with Crippen molar-refractivity contribution in [3.8, 4) is 0 Å². The standard InChI is InChI=1S/C11H11F3N2O3S/c12-5-1-2-7(10(14)9(5)13)16-8(17)4-20-3-6(15)11(18)19/h1-2,6H,3-4,15H2,(H,16,17)(H,18,19)/t6-/m1/s1. The van der Waals surface area contributed by atoms with Crippen LogP contribution >= 0.6 is 11.8 Å². The Balaban J connectivity index is 2.51. The topological polar surface area (TPSA) is 92.4 Å². The van der Waals surface area contributed by atoms with E-state index in [0.29, 0.717) is 6.07 Å². The first-order valence-corrected chi connectivity index (χ1v) is 6.48. The van der Waals surface area contributed by atoms with E-state index in [4.69, 9.17) is 10.8 Å². The lowest BCUT2D eigenvalue weighted by Gasteiger charge is -2.08. The smallest absolute Gasteiger partial charge is 0.321 e. The quantitative estimate of drug-likeness (QED) is 0.687. The van der Waals surface area contributed by atoms with Gasteiger partial charge in [-0.2, -0.15) is 0 Å². The third kappa shape index (κ3) is 4.42. The lowest BCUT2D eigenvalue weighted by molar-refractivity contribution is -0.137. The molecule has 0 aromatic heterocycles. The van der Waals surface area contributed by atoms with Crippen molar-refractivity contribution in [1.29, 1.82) is 0 Å². The van der Waals surface area contributed by atoms with E-state index in [9.17, 15) is 22.8 Å². The molecular formula is C11H11F3N2O3S. The number of nitrogens with two attached hydrogens (primary N) is 1. The summed E-state index contributed by atoms with van der Waals surface area (Å²) in [7, 11) is 0. The molecule has 0 aliphatic rings. The summed E-state index contributed by atoms with van der Waals surface area (Å²) in [5.41, 5.74) is 4.72. The molecule has 0 saturated carbocycles. The fourth-order valence-corrected chi connectivity index (χ4v) is 1.93. The second-order valence-electron chi connectivity index (χ2n) is 3.73. The number of hydrogen-bond donors (Lipinski definition) is 3. The van der Waals surface area contributed by atoms with E-state index in [1.165, 1.54) is 0 Å². The van der Waals surface area contributed by atoms with Crippen LogP contribution in [0.25, 0.3) is 0 Å². The van der Waals surface area contributed by atoms with E-state index in [1.54, 1.807) is 0 Å². The van der Waals surface area contributed by atoms with Crippen molar-refractivity contribution in [2.45, 2.75) is 6.04 Å². The Morgan fingerprint density at radius 3 is 2.55 bits per heavy atom. The molecule has 5 nitrogen and oxygen atoms in total. The van der Waals surface area contributed by atoms with Gasteiger partial charge in [-0.15, -0.1) is 11.8 Å². The number of nitrogens with one attached hydrogen (secondary N) is 1. The first kappa shape index (κ1) is 16.3. The minimum absolute atomic E-state index is 0.0109. The van der Waals surface area contributed by atoms with Crippen LogP contribution in [0.5, 0.6) is 0 Å². The van der Waals surface area contributed by atoms with Crippen LogP contribution in [0.15, 0.2) is 12.1 Å². The summed E-state index contributed by atoms with van der Waals surface area (Å²) in [5.74, 6) is -6.62. The fraction of sp³-hybridized carbons (Fsp3) is 0.273. The van der Waals surface area contributed by atoms with Crippen molar-refractivity contribution >= 4 is 29.3 Å². The van der Waals surface area contributed by atoms with Gasteiger partial charge in [0.25, 0.3) is 0 Å². The molecule has 9 heteroatoms. The highest BCUT2D eigenvalue weighted by Gasteiger charge is 2.16. The normalized spacial score (nSPS) is 12.0. The average molecular weight is 308 g/mol. The molecule has 0 fully saturated rings. The van der Waals surface area contributed by atoms with Crippen LogP contribution < -0.4 is 11.1 Å². The molecule has 0 bridgehead atoms. The highest BCUT2D eigenvalue weighted by atomic mass is 32.2. The van der Waals surface area contributed by atoms with Crippen LogP contribution in [-0.4, -0.2) is 34.5 Å². The molecule has 1 atom stereocenters. The molecule has 1 aromatic rings. The van der Waals surface area contributed by atoms with Crippen LogP contribution in [0.2, 0.25) is 0 Å². The molecule has 1 amide bonds. The Kier molecular flexibility index (Phi) is 5.83. The second-order valence-corrected chi connectivity index (χ2v) is 4.76. The van der Waals surface area contributed by atoms with E-state index < -0.39 is 41.1 Å². The van der Waals surface area contributed by atoms with Gasteiger partial charge in [-0.1, -0.05) is 0 Å². The van der Waals surface area contributed by atoms with Crippen molar-refractivity contribution in [3.05, 3.63) is 29.6 Å². The number of carbonyl (C=O) groups is 2. The predicted octanol–water partition coefficient (Wildman–Crippen LogP) is 1.19. The molecule has 0 aliphatic carbocycles. The van der Waals surface area contributed by atoms with Crippen LogP contribution in [-0.2, 0) is 9.59 Å². The second kappa shape index (κ2) is 7.15. The van der Waals surface area contributed by atoms with Crippen molar-refractivity contribution in [2.75, 3.05) is 16.8 Å². The maximum absolute atomic E-state index is 13.2. The number of rotatable bonds is 6. The number of carbonyl (C=O) groups excluding carboxylic acids is 1. The zero-order valence-electron chi connectivity index (χ0n) is 10.0. The maximum Gasteiger partial charge on any atom is 0.321 e. The highest BCUT2D eigenvalue weighted by molar-refractivity contribution is 8.00. The van der Waals surface area contributed by atoms with Crippen LogP contribution in [0.4, 0.5) is 18.9 Å².